The van der Waals surface area contributed by atoms with Crippen molar-refractivity contribution < 1.29 is 14.3 Å². The minimum absolute atomic E-state index is 0.247. The number of thiazole rings is 1. The maximum Gasteiger partial charge on any atom is 0.279 e. The molecular weight excluding hydrogens is 336 g/mol. The molecule has 0 atom stereocenters. The third-order valence-electron chi connectivity index (χ3n) is 3.70. The molecule has 0 N–H and O–H groups in total. The van der Waals surface area contributed by atoms with E-state index < -0.39 is 0 Å². The van der Waals surface area contributed by atoms with Crippen LogP contribution in [0, 0.1) is 0 Å². The van der Waals surface area contributed by atoms with E-state index in [2.05, 4.69) is 4.99 Å². The second-order valence-corrected chi connectivity index (χ2v) is 6.38. The number of rotatable bonds is 6. The molecule has 0 saturated carbocycles. The van der Waals surface area contributed by atoms with Crippen molar-refractivity contribution >= 4 is 27.5 Å². The summed E-state index contributed by atoms with van der Waals surface area (Å²) in [6, 6.07) is 15.0. The van der Waals surface area contributed by atoms with Gasteiger partial charge in [-0.25, -0.2) is 0 Å². The minimum atomic E-state index is -0.247. The number of nitrogens with zero attached hydrogens (tertiary/aromatic N) is 2. The summed E-state index contributed by atoms with van der Waals surface area (Å²) in [6.07, 6.45) is 0. The molecule has 0 saturated heterocycles. The Hall–Kier alpha value is -2.44. The van der Waals surface area contributed by atoms with E-state index in [1.165, 1.54) is 11.3 Å². The Morgan fingerprint density at radius 1 is 1.20 bits per heavy atom. The van der Waals surface area contributed by atoms with Gasteiger partial charge in [0, 0.05) is 19.2 Å². The summed E-state index contributed by atoms with van der Waals surface area (Å²) in [4.78, 5) is 17.5. The number of methoxy groups -OCH3 is 1. The molecular formula is C19H20N2O3S. The number of benzene rings is 2. The molecule has 3 rings (SSSR count). The average molecular weight is 356 g/mol. The maximum absolute atomic E-state index is 12.5. The number of fused-ring (bicyclic) bond motifs is 1. The minimum Gasteiger partial charge on any atom is -0.494 e. The lowest BCUT2D eigenvalue weighted by molar-refractivity contribution is 0.0997. The van der Waals surface area contributed by atoms with Crippen molar-refractivity contribution in [1.82, 2.24) is 4.57 Å². The Morgan fingerprint density at radius 3 is 2.72 bits per heavy atom. The third-order valence-corrected chi connectivity index (χ3v) is 4.74. The lowest BCUT2D eigenvalue weighted by atomic mass is 10.2. The molecule has 0 fully saturated rings. The monoisotopic (exact) mass is 356 g/mol. The Morgan fingerprint density at radius 2 is 2.00 bits per heavy atom. The number of hydrogen-bond acceptors (Lipinski definition) is 4. The highest BCUT2D eigenvalue weighted by atomic mass is 32.1. The molecule has 0 aliphatic carbocycles. The first kappa shape index (κ1) is 17.4. The quantitative estimate of drug-likeness (QED) is 0.679. The van der Waals surface area contributed by atoms with Crippen LogP contribution in [-0.2, 0) is 11.3 Å². The van der Waals surface area contributed by atoms with Gasteiger partial charge in [-0.3, -0.25) is 4.79 Å². The molecule has 0 spiro atoms. The highest BCUT2D eigenvalue weighted by Gasteiger charge is 2.10. The molecule has 6 heteroatoms. The molecule has 0 unspecified atom stereocenters. The van der Waals surface area contributed by atoms with Crippen molar-refractivity contribution in [2.45, 2.75) is 13.5 Å². The Balaban J connectivity index is 2.08. The van der Waals surface area contributed by atoms with Gasteiger partial charge in [0.05, 0.1) is 23.4 Å². The smallest absolute Gasteiger partial charge is 0.279 e. The van der Waals surface area contributed by atoms with Crippen LogP contribution in [0.2, 0.25) is 0 Å². The van der Waals surface area contributed by atoms with Gasteiger partial charge < -0.3 is 14.0 Å². The molecule has 0 radical (unpaired) electrons. The molecule has 1 heterocycles. The molecule has 2 aromatic carbocycles. The van der Waals surface area contributed by atoms with E-state index in [4.69, 9.17) is 9.47 Å². The molecule has 5 nitrogen and oxygen atoms in total. The number of hydrogen-bond donors (Lipinski definition) is 0. The lowest BCUT2D eigenvalue weighted by Crippen LogP contribution is -2.19. The van der Waals surface area contributed by atoms with Crippen LogP contribution in [0.15, 0.2) is 53.5 Å². The summed E-state index contributed by atoms with van der Waals surface area (Å²) >= 11 is 1.48. The predicted octanol–water partition coefficient (Wildman–Crippen LogP) is 3.49. The van der Waals surface area contributed by atoms with E-state index in [9.17, 15) is 4.79 Å². The van der Waals surface area contributed by atoms with Crippen LogP contribution >= 0.6 is 11.3 Å². The van der Waals surface area contributed by atoms with Gasteiger partial charge in [-0.15, -0.1) is 0 Å². The van der Waals surface area contributed by atoms with Gasteiger partial charge in [0.1, 0.15) is 5.75 Å². The molecule has 1 aromatic heterocycles. The van der Waals surface area contributed by atoms with Crippen LogP contribution in [0.3, 0.4) is 0 Å². The normalized spacial score (nSPS) is 11.8. The van der Waals surface area contributed by atoms with E-state index >= 15 is 0 Å². The Labute approximate surface area is 150 Å². The van der Waals surface area contributed by atoms with Gasteiger partial charge in [0.2, 0.25) is 0 Å². The van der Waals surface area contributed by atoms with Gasteiger partial charge in [-0.05, 0) is 37.3 Å². The van der Waals surface area contributed by atoms with Crippen LogP contribution < -0.4 is 9.54 Å². The molecule has 3 aromatic rings. The molecule has 25 heavy (non-hydrogen) atoms. The zero-order valence-corrected chi connectivity index (χ0v) is 15.1. The van der Waals surface area contributed by atoms with Crippen molar-refractivity contribution in [3.63, 3.8) is 0 Å². The molecule has 0 aliphatic heterocycles. The zero-order chi connectivity index (χ0) is 17.6. The Kier molecular flexibility index (Phi) is 5.63. The van der Waals surface area contributed by atoms with Gasteiger partial charge in [-0.2, -0.15) is 4.99 Å². The summed E-state index contributed by atoms with van der Waals surface area (Å²) < 4.78 is 13.8. The number of aromatic nitrogens is 1. The largest absolute Gasteiger partial charge is 0.494 e. The predicted molar refractivity (Wildman–Crippen MR) is 99.2 cm³/mol. The van der Waals surface area contributed by atoms with E-state index in [0.29, 0.717) is 30.1 Å². The first-order chi connectivity index (χ1) is 12.2. The Bertz CT molecular complexity index is 929. The molecule has 0 aliphatic rings. The summed E-state index contributed by atoms with van der Waals surface area (Å²) in [7, 11) is 1.66. The van der Waals surface area contributed by atoms with E-state index in [1.54, 1.807) is 19.2 Å². The maximum atomic E-state index is 12.5. The number of carbonyl (C=O) groups excluding carboxylic acids is 1. The summed E-state index contributed by atoms with van der Waals surface area (Å²) in [5, 5.41) is 0. The number of ether oxygens (including phenoxy) is 2. The van der Waals surface area contributed by atoms with Crippen LogP contribution in [0.4, 0.5) is 0 Å². The average Bonchev–Trinajstić information content (AvgIpc) is 2.97. The fraction of sp³-hybridized carbons (Fsp3) is 0.263. The highest BCUT2D eigenvalue weighted by Crippen LogP contribution is 2.23. The van der Waals surface area contributed by atoms with Crippen molar-refractivity contribution in [3.05, 3.63) is 58.9 Å². The number of amides is 1. The van der Waals surface area contributed by atoms with Crippen molar-refractivity contribution in [2.24, 2.45) is 4.99 Å². The van der Waals surface area contributed by atoms with Gasteiger partial charge in [-0.1, -0.05) is 29.5 Å². The molecule has 130 valence electrons. The highest BCUT2D eigenvalue weighted by molar-refractivity contribution is 7.16. The summed E-state index contributed by atoms with van der Waals surface area (Å²) in [5.41, 5.74) is 1.60. The molecule has 0 bridgehead atoms. The third kappa shape index (κ3) is 3.97. The molecule has 1 amide bonds. The van der Waals surface area contributed by atoms with Gasteiger partial charge in [0.25, 0.3) is 5.91 Å². The van der Waals surface area contributed by atoms with Crippen molar-refractivity contribution in [2.75, 3.05) is 20.3 Å². The first-order valence-corrected chi connectivity index (χ1v) is 8.94. The number of carbonyl (C=O) groups is 1. The fourth-order valence-corrected chi connectivity index (χ4v) is 3.61. The van der Waals surface area contributed by atoms with Gasteiger partial charge >= 0.3 is 0 Å². The summed E-state index contributed by atoms with van der Waals surface area (Å²) in [5.74, 6) is 0.569. The van der Waals surface area contributed by atoms with Crippen molar-refractivity contribution in [1.29, 1.82) is 0 Å². The topological polar surface area (TPSA) is 52.8 Å². The van der Waals surface area contributed by atoms with Gasteiger partial charge in [0.15, 0.2) is 4.80 Å². The second-order valence-electron chi connectivity index (χ2n) is 5.37. The SMILES string of the molecule is CCOc1ccc2c(c1)sc(=NC(=O)c1ccccc1)n2CCOC. The fourth-order valence-electron chi connectivity index (χ4n) is 2.53. The van der Waals surface area contributed by atoms with Crippen LogP contribution in [-0.4, -0.2) is 30.8 Å². The lowest BCUT2D eigenvalue weighted by Gasteiger charge is -2.05. The standard InChI is InChI=1S/C19H20N2O3S/c1-3-24-15-9-10-16-17(13-15)25-19(21(16)11-12-23-2)20-18(22)14-7-5-4-6-8-14/h4-10,13H,3,11-12H2,1-2H3. The first-order valence-electron chi connectivity index (χ1n) is 8.12. The van der Waals surface area contributed by atoms with Crippen LogP contribution in [0.1, 0.15) is 17.3 Å². The van der Waals surface area contributed by atoms with E-state index in [1.807, 2.05) is 47.9 Å². The van der Waals surface area contributed by atoms with Crippen LogP contribution in [0.25, 0.3) is 10.2 Å². The summed E-state index contributed by atoms with van der Waals surface area (Å²) in [6.45, 7) is 3.75. The zero-order valence-electron chi connectivity index (χ0n) is 14.3. The van der Waals surface area contributed by atoms with E-state index in [0.717, 1.165) is 16.0 Å². The van der Waals surface area contributed by atoms with E-state index in [-0.39, 0.29) is 5.91 Å². The van der Waals surface area contributed by atoms with Crippen molar-refractivity contribution in [3.8, 4) is 5.75 Å². The van der Waals surface area contributed by atoms with Crippen LogP contribution in [0.5, 0.6) is 5.75 Å². The second kappa shape index (κ2) is 8.09.